The summed E-state index contributed by atoms with van der Waals surface area (Å²) in [7, 11) is 0. The molecule has 4 nitrogen and oxygen atoms in total. The fraction of sp³-hybridized carbons (Fsp3) is 0.667. The fourth-order valence-corrected chi connectivity index (χ4v) is 2.47. The highest BCUT2D eigenvalue weighted by Gasteiger charge is 2.32. The Balaban J connectivity index is 2.08. The molecule has 0 unspecified atom stereocenters. The molecule has 1 saturated carbocycles. The number of ketones is 1. The average Bonchev–Trinajstić information content (AvgIpc) is 2.85. The topological polar surface area (TPSA) is 60.9 Å². The van der Waals surface area contributed by atoms with Crippen molar-refractivity contribution in [3.05, 3.63) is 18.2 Å². The van der Waals surface area contributed by atoms with E-state index in [1.54, 1.807) is 6.20 Å². The Hall–Kier alpha value is -1.16. The van der Waals surface area contributed by atoms with Crippen LogP contribution in [0.5, 0.6) is 0 Å². The lowest BCUT2D eigenvalue weighted by molar-refractivity contribution is 0.0938. The molecule has 1 aromatic rings. The van der Waals surface area contributed by atoms with Gasteiger partial charge in [0.2, 0.25) is 0 Å². The summed E-state index contributed by atoms with van der Waals surface area (Å²) in [5, 5.41) is 0. The van der Waals surface area contributed by atoms with E-state index < -0.39 is 0 Å². The van der Waals surface area contributed by atoms with Gasteiger partial charge < -0.3 is 10.3 Å². The highest BCUT2D eigenvalue weighted by Crippen LogP contribution is 2.30. The summed E-state index contributed by atoms with van der Waals surface area (Å²) in [4.78, 5) is 16.2. The molecule has 2 N–H and O–H groups in total. The minimum absolute atomic E-state index is 0.0799. The average molecular weight is 221 g/mol. The van der Waals surface area contributed by atoms with Crippen LogP contribution in [0.2, 0.25) is 0 Å². The van der Waals surface area contributed by atoms with Gasteiger partial charge in [0, 0.05) is 30.9 Å². The van der Waals surface area contributed by atoms with E-state index >= 15 is 0 Å². The molecular formula is C12H19N3O. The first-order chi connectivity index (χ1) is 7.64. The number of Topliss-reactive ketones (excluding diaryl/α,β-unsaturated/α-hetero) is 1. The van der Waals surface area contributed by atoms with E-state index in [1.807, 2.05) is 17.7 Å². The summed E-state index contributed by atoms with van der Waals surface area (Å²) in [6.07, 6.45) is 8.17. The van der Waals surface area contributed by atoms with Gasteiger partial charge in [0.25, 0.3) is 0 Å². The maximum atomic E-state index is 12.1. The van der Waals surface area contributed by atoms with Crippen molar-refractivity contribution in [3.8, 4) is 0 Å². The van der Waals surface area contributed by atoms with Crippen LogP contribution < -0.4 is 5.73 Å². The number of imidazole rings is 1. The predicted octanol–water partition coefficient (Wildman–Crippen LogP) is 1.75. The number of hydrogen-bond acceptors (Lipinski definition) is 3. The van der Waals surface area contributed by atoms with Crippen molar-refractivity contribution in [2.75, 3.05) is 0 Å². The molecule has 0 spiro atoms. The quantitative estimate of drug-likeness (QED) is 0.788. The molecule has 0 aliphatic heterocycles. The number of carbonyl (C=O) groups excluding carboxylic acids is 1. The summed E-state index contributed by atoms with van der Waals surface area (Å²) >= 11 is 0. The third kappa shape index (κ3) is 2.16. The zero-order valence-corrected chi connectivity index (χ0v) is 9.78. The first-order valence-electron chi connectivity index (χ1n) is 5.98. The van der Waals surface area contributed by atoms with Crippen molar-refractivity contribution in [2.24, 2.45) is 5.73 Å². The first kappa shape index (κ1) is 11.3. The van der Waals surface area contributed by atoms with E-state index in [1.165, 1.54) is 0 Å². The largest absolute Gasteiger partial charge is 0.329 e. The maximum Gasteiger partial charge on any atom is 0.200 e. The molecule has 1 aliphatic carbocycles. The van der Waals surface area contributed by atoms with E-state index in [0.29, 0.717) is 12.2 Å². The van der Waals surface area contributed by atoms with Gasteiger partial charge in [-0.1, -0.05) is 12.8 Å². The lowest BCUT2D eigenvalue weighted by Crippen LogP contribution is -2.39. The number of carbonyl (C=O) groups is 1. The molecule has 1 aliphatic rings. The predicted molar refractivity (Wildman–Crippen MR) is 62.2 cm³/mol. The number of hydrogen-bond donors (Lipinski definition) is 1. The zero-order valence-electron chi connectivity index (χ0n) is 9.78. The number of rotatable bonds is 4. The molecule has 0 amide bonds. The Kier molecular flexibility index (Phi) is 3.10. The van der Waals surface area contributed by atoms with Gasteiger partial charge in [0.15, 0.2) is 11.6 Å². The normalized spacial score (nSPS) is 18.9. The summed E-state index contributed by atoms with van der Waals surface area (Å²) in [5.41, 5.74) is 5.92. The molecule has 0 aromatic carbocycles. The number of nitrogens with two attached hydrogens (primary N) is 1. The minimum atomic E-state index is -0.276. The second-order valence-corrected chi connectivity index (χ2v) is 4.71. The SMILES string of the molecule is CCn1ccnc1C(=O)CC1(N)CCCC1. The molecular weight excluding hydrogens is 202 g/mol. The maximum absolute atomic E-state index is 12.1. The fourth-order valence-electron chi connectivity index (χ4n) is 2.47. The van der Waals surface area contributed by atoms with Crippen molar-refractivity contribution < 1.29 is 4.79 Å². The standard InChI is InChI=1S/C12H19N3O/c1-2-15-8-7-14-11(15)10(16)9-12(13)5-3-4-6-12/h7-8H,2-6,9,13H2,1H3. The van der Waals surface area contributed by atoms with Gasteiger partial charge in [-0.25, -0.2) is 4.98 Å². The molecule has 1 fully saturated rings. The van der Waals surface area contributed by atoms with Gasteiger partial charge >= 0.3 is 0 Å². The van der Waals surface area contributed by atoms with Gasteiger partial charge in [-0.05, 0) is 19.8 Å². The Morgan fingerprint density at radius 3 is 2.88 bits per heavy atom. The molecule has 2 rings (SSSR count). The van der Waals surface area contributed by atoms with E-state index in [-0.39, 0.29) is 11.3 Å². The van der Waals surface area contributed by atoms with Gasteiger partial charge in [0.1, 0.15) is 0 Å². The molecule has 88 valence electrons. The van der Waals surface area contributed by atoms with E-state index in [4.69, 9.17) is 5.73 Å². The van der Waals surface area contributed by atoms with Crippen molar-refractivity contribution in [2.45, 2.75) is 51.1 Å². The highest BCUT2D eigenvalue weighted by molar-refractivity contribution is 5.93. The van der Waals surface area contributed by atoms with Crippen LogP contribution in [0, 0.1) is 0 Å². The van der Waals surface area contributed by atoms with Crippen LogP contribution in [-0.4, -0.2) is 20.9 Å². The van der Waals surface area contributed by atoms with Crippen LogP contribution in [-0.2, 0) is 6.54 Å². The van der Waals surface area contributed by atoms with Crippen LogP contribution in [0.15, 0.2) is 12.4 Å². The molecule has 0 atom stereocenters. The van der Waals surface area contributed by atoms with E-state index in [9.17, 15) is 4.79 Å². The van der Waals surface area contributed by atoms with Crippen LogP contribution in [0.3, 0.4) is 0 Å². The monoisotopic (exact) mass is 221 g/mol. The van der Waals surface area contributed by atoms with Gasteiger partial charge in [-0.3, -0.25) is 4.79 Å². The molecule has 1 aromatic heterocycles. The molecule has 0 saturated heterocycles. The lowest BCUT2D eigenvalue weighted by Gasteiger charge is -2.22. The van der Waals surface area contributed by atoms with Crippen molar-refractivity contribution in [1.82, 2.24) is 9.55 Å². The van der Waals surface area contributed by atoms with Crippen LogP contribution >= 0.6 is 0 Å². The second kappa shape index (κ2) is 4.37. The van der Waals surface area contributed by atoms with Gasteiger partial charge in [-0.2, -0.15) is 0 Å². The van der Waals surface area contributed by atoms with Gasteiger partial charge in [-0.15, -0.1) is 0 Å². The molecule has 1 heterocycles. The van der Waals surface area contributed by atoms with Crippen LogP contribution in [0.1, 0.15) is 49.6 Å². The zero-order chi connectivity index (χ0) is 11.6. The summed E-state index contributed by atoms with van der Waals surface area (Å²) in [6, 6.07) is 0. The Morgan fingerprint density at radius 2 is 2.25 bits per heavy atom. The van der Waals surface area contributed by atoms with E-state index in [2.05, 4.69) is 4.98 Å². The lowest BCUT2D eigenvalue weighted by atomic mass is 9.92. The number of aromatic nitrogens is 2. The number of aryl methyl sites for hydroxylation is 1. The second-order valence-electron chi connectivity index (χ2n) is 4.71. The Bertz CT molecular complexity index is 377. The van der Waals surface area contributed by atoms with Crippen LogP contribution in [0.25, 0.3) is 0 Å². The Morgan fingerprint density at radius 1 is 1.56 bits per heavy atom. The first-order valence-corrected chi connectivity index (χ1v) is 5.98. The summed E-state index contributed by atoms with van der Waals surface area (Å²) < 4.78 is 1.88. The smallest absolute Gasteiger partial charge is 0.200 e. The van der Waals surface area contributed by atoms with Gasteiger partial charge in [0.05, 0.1) is 0 Å². The van der Waals surface area contributed by atoms with Crippen molar-refractivity contribution in [1.29, 1.82) is 0 Å². The summed E-state index contributed by atoms with van der Waals surface area (Å²) in [5.74, 6) is 0.635. The third-order valence-corrected chi connectivity index (χ3v) is 3.42. The van der Waals surface area contributed by atoms with Crippen LogP contribution in [0.4, 0.5) is 0 Å². The molecule has 0 radical (unpaired) electrons. The minimum Gasteiger partial charge on any atom is -0.329 e. The third-order valence-electron chi connectivity index (χ3n) is 3.42. The Labute approximate surface area is 95.9 Å². The molecule has 16 heavy (non-hydrogen) atoms. The highest BCUT2D eigenvalue weighted by atomic mass is 16.1. The van der Waals surface area contributed by atoms with E-state index in [0.717, 1.165) is 32.2 Å². The molecule has 4 heteroatoms. The van der Waals surface area contributed by atoms with Crippen molar-refractivity contribution in [3.63, 3.8) is 0 Å². The summed E-state index contributed by atoms with van der Waals surface area (Å²) in [6.45, 7) is 2.78. The molecule has 0 bridgehead atoms. The van der Waals surface area contributed by atoms with Crippen molar-refractivity contribution >= 4 is 5.78 Å². The number of nitrogens with zero attached hydrogens (tertiary/aromatic N) is 2.